The zero-order valence-corrected chi connectivity index (χ0v) is 18.5. The Morgan fingerprint density at radius 1 is 0.909 bits per heavy atom. The van der Waals surface area contributed by atoms with Gasteiger partial charge in [-0.3, -0.25) is 9.59 Å². The Kier molecular flexibility index (Phi) is 6.06. The maximum Gasteiger partial charge on any atom is 0.289 e. The van der Waals surface area contributed by atoms with Crippen LogP contribution in [0.4, 0.5) is 5.82 Å². The molecule has 1 aromatic carbocycles. The number of anilines is 1. The molecule has 0 radical (unpaired) electrons. The molecular weight excluding hydrogens is 418 g/mol. The lowest BCUT2D eigenvalue weighted by Gasteiger charge is -2.39. The van der Waals surface area contributed by atoms with Gasteiger partial charge >= 0.3 is 0 Å². The van der Waals surface area contributed by atoms with Crippen LogP contribution in [0.25, 0.3) is 11.3 Å². The minimum Gasteiger partial charge on any atom is -0.459 e. The second-order valence-electron chi connectivity index (χ2n) is 8.51. The quantitative estimate of drug-likeness (QED) is 0.614. The van der Waals surface area contributed by atoms with Crippen molar-refractivity contribution in [3.63, 3.8) is 0 Å². The summed E-state index contributed by atoms with van der Waals surface area (Å²) >= 11 is 0. The average molecular weight is 446 g/mol. The van der Waals surface area contributed by atoms with E-state index in [1.165, 1.54) is 6.26 Å². The molecule has 1 unspecified atom stereocenters. The maximum absolute atomic E-state index is 13.3. The zero-order valence-electron chi connectivity index (χ0n) is 18.5. The number of hydrogen-bond acceptors (Lipinski definition) is 6. The van der Waals surface area contributed by atoms with Crippen molar-refractivity contribution in [3.05, 3.63) is 66.9 Å². The minimum atomic E-state index is -0.117. The highest BCUT2D eigenvalue weighted by Crippen LogP contribution is 2.26. The summed E-state index contributed by atoms with van der Waals surface area (Å²) in [6.07, 6.45) is 4.91. The standard InChI is InChI=1S/C25H27N5O3/c31-24(28-11-13-29(14-12-28)25(32)22-9-5-15-33-22)20-8-4-10-30(17-20)23-16-21(26-18-27-23)19-6-2-1-3-7-19/h1-3,5-7,9,15-16,18,20H,4,8,10-14,17H2. The largest absolute Gasteiger partial charge is 0.459 e. The Balaban J connectivity index is 1.21. The van der Waals surface area contributed by atoms with Gasteiger partial charge in [-0.2, -0.15) is 0 Å². The van der Waals surface area contributed by atoms with Gasteiger partial charge < -0.3 is 19.1 Å². The fraction of sp³-hybridized carbons (Fsp3) is 0.360. The number of piperidine rings is 1. The maximum atomic E-state index is 13.3. The molecule has 3 aromatic rings. The summed E-state index contributed by atoms with van der Waals surface area (Å²) in [5, 5.41) is 0. The molecule has 0 saturated carbocycles. The Morgan fingerprint density at radius 2 is 1.70 bits per heavy atom. The van der Waals surface area contributed by atoms with Crippen molar-refractivity contribution in [2.24, 2.45) is 5.92 Å². The summed E-state index contributed by atoms with van der Waals surface area (Å²) in [4.78, 5) is 40.5. The summed E-state index contributed by atoms with van der Waals surface area (Å²) in [6, 6.07) is 15.4. The number of rotatable bonds is 4. The molecular formula is C25H27N5O3. The second kappa shape index (κ2) is 9.44. The molecule has 0 spiro atoms. The van der Waals surface area contributed by atoms with Crippen LogP contribution in [0.1, 0.15) is 23.4 Å². The van der Waals surface area contributed by atoms with E-state index in [2.05, 4.69) is 14.9 Å². The first kappa shape index (κ1) is 21.2. The Morgan fingerprint density at radius 3 is 2.45 bits per heavy atom. The molecule has 4 heterocycles. The number of furan rings is 1. The van der Waals surface area contributed by atoms with Crippen molar-refractivity contribution < 1.29 is 14.0 Å². The molecule has 2 fully saturated rings. The monoisotopic (exact) mass is 445 g/mol. The molecule has 2 aliphatic rings. The Hall–Kier alpha value is -3.68. The number of amides is 2. The van der Waals surface area contributed by atoms with E-state index in [-0.39, 0.29) is 17.7 Å². The first-order valence-electron chi connectivity index (χ1n) is 11.4. The molecule has 8 nitrogen and oxygen atoms in total. The molecule has 33 heavy (non-hydrogen) atoms. The second-order valence-corrected chi connectivity index (χ2v) is 8.51. The van der Waals surface area contributed by atoms with E-state index in [4.69, 9.17) is 4.42 Å². The van der Waals surface area contributed by atoms with Crippen LogP contribution < -0.4 is 4.90 Å². The predicted molar refractivity (Wildman–Crippen MR) is 124 cm³/mol. The highest BCUT2D eigenvalue weighted by atomic mass is 16.3. The summed E-state index contributed by atoms with van der Waals surface area (Å²) in [7, 11) is 0. The van der Waals surface area contributed by atoms with Crippen LogP contribution in [0.15, 0.2) is 65.5 Å². The number of hydrogen-bond donors (Lipinski definition) is 0. The van der Waals surface area contributed by atoms with Gasteiger partial charge in [0.25, 0.3) is 5.91 Å². The van der Waals surface area contributed by atoms with E-state index in [0.717, 1.165) is 36.5 Å². The smallest absolute Gasteiger partial charge is 0.289 e. The van der Waals surface area contributed by atoms with Gasteiger partial charge in [0.05, 0.1) is 17.9 Å². The van der Waals surface area contributed by atoms with E-state index >= 15 is 0 Å². The van der Waals surface area contributed by atoms with Crippen molar-refractivity contribution in [2.75, 3.05) is 44.2 Å². The van der Waals surface area contributed by atoms with Gasteiger partial charge in [-0.25, -0.2) is 9.97 Å². The zero-order chi connectivity index (χ0) is 22.6. The molecule has 5 rings (SSSR count). The Bertz CT molecular complexity index is 1090. The number of nitrogens with zero attached hydrogens (tertiary/aromatic N) is 5. The first-order valence-corrected chi connectivity index (χ1v) is 11.4. The van der Waals surface area contributed by atoms with Gasteiger partial charge in [-0.15, -0.1) is 0 Å². The van der Waals surface area contributed by atoms with Crippen molar-refractivity contribution in [1.82, 2.24) is 19.8 Å². The highest BCUT2D eigenvalue weighted by molar-refractivity contribution is 5.91. The van der Waals surface area contributed by atoms with Crippen molar-refractivity contribution in [1.29, 1.82) is 0 Å². The summed E-state index contributed by atoms with van der Waals surface area (Å²) in [5.74, 6) is 1.19. The third kappa shape index (κ3) is 4.60. The third-order valence-corrected chi connectivity index (χ3v) is 6.43. The van der Waals surface area contributed by atoms with Crippen LogP contribution >= 0.6 is 0 Å². The van der Waals surface area contributed by atoms with Gasteiger partial charge in [-0.05, 0) is 25.0 Å². The lowest BCUT2D eigenvalue weighted by molar-refractivity contribution is -0.137. The van der Waals surface area contributed by atoms with E-state index in [1.807, 2.05) is 41.3 Å². The highest BCUT2D eigenvalue weighted by Gasteiger charge is 2.33. The number of carbonyl (C=O) groups is 2. The van der Waals surface area contributed by atoms with Crippen LogP contribution in [0.3, 0.4) is 0 Å². The van der Waals surface area contributed by atoms with Gasteiger partial charge in [0, 0.05) is 50.9 Å². The van der Waals surface area contributed by atoms with Crippen LogP contribution in [0, 0.1) is 5.92 Å². The predicted octanol–water partition coefficient (Wildman–Crippen LogP) is 2.94. The fourth-order valence-electron chi connectivity index (χ4n) is 4.62. The van der Waals surface area contributed by atoms with Crippen LogP contribution in [-0.2, 0) is 4.79 Å². The molecule has 2 saturated heterocycles. The summed E-state index contributed by atoms with van der Waals surface area (Å²) in [6.45, 7) is 3.67. The van der Waals surface area contributed by atoms with Crippen molar-refractivity contribution >= 4 is 17.6 Å². The third-order valence-electron chi connectivity index (χ3n) is 6.43. The average Bonchev–Trinajstić information content (AvgIpc) is 3.44. The van der Waals surface area contributed by atoms with E-state index in [9.17, 15) is 9.59 Å². The Labute approximate surface area is 192 Å². The molecule has 8 heteroatoms. The fourth-order valence-corrected chi connectivity index (χ4v) is 4.62. The van der Waals surface area contributed by atoms with Gasteiger partial charge in [0.2, 0.25) is 5.91 Å². The number of benzene rings is 1. The van der Waals surface area contributed by atoms with Crippen LogP contribution in [0.2, 0.25) is 0 Å². The number of aromatic nitrogens is 2. The van der Waals surface area contributed by atoms with E-state index in [1.54, 1.807) is 23.4 Å². The van der Waals surface area contributed by atoms with Gasteiger partial charge in [0.15, 0.2) is 5.76 Å². The molecule has 0 N–H and O–H groups in total. The normalized spacial score (nSPS) is 18.9. The molecule has 1 atom stereocenters. The molecule has 2 amide bonds. The van der Waals surface area contributed by atoms with Gasteiger partial charge in [0.1, 0.15) is 12.1 Å². The lowest BCUT2D eigenvalue weighted by Crippen LogP contribution is -2.53. The SMILES string of the molecule is O=C(c1ccco1)N1CCN(C(=O)C2CCCN(c3cc(-c4ccccc4)ncn3)C2)CC1. The number of piperazine rings is 1. The lowest BCUT2D eigenvalue weighted by atomic mass is 9.96. The topological polar surface area (TPSA) is 82.8 Å². The molecule has 2 aliphatic heterocycles. The summed E-state index contributed by atoms with van der Waals surface area (Å²) in [5.41, 5.74) is 1.93. The van der Waals surface area contributed by atoms with E-state index < -0.39 is 0 Å². The molecule has 170 valence electrons. The number of carbonyl (C=O) groups excluding carboxylic acids is 2. The minimum absolute atomic E-state index is 0.0683. The molecule has 0 bridgehead atoms. The summed E-state index contributed by atoms with van der Waals surface area (Å²) < 4.78 is 5.22. The van der Waals surface area contributed by atoms with Crippen molar-refractivity contribution in [2.45, 2.75) is 12.8 Å². The molecule has 2 aromatic heterocycles. The van der Waals surface area contributed by atoms with Crippen LogP contribution in [-0.4, -0.2) is 70.9 Å². The van der Waals surface area contributed by atoms with Gasteiger partial charge in [-0.1, -0.05) is 30.3 Å². The first-order chi connectivity index (χ1) is 16.2. The van der Waals surface area contributed by atoms with Crippen molar-refractivity contribution in [3.8, 4) is 11.3 Å². The van der Waals surface area contributed by atoms with E-state index in [0.29, 0.717) is 38.5 Å². The van der Waals surface area contributed by atoms with Crippen LogP contribution in [0.5, 0.6) is 0 Å². The molecule has 0 aliphatic carbocycles.